The molecule has 3 unspecified atom stereocenters. The normalized spacial score (nSPS) is 35.0. The molecule has 0 aromatic rings. The Morgan fingerprint density at radius 1 is 1.46 bits per heavy atom. The number of guanidine groups is 1. The number of hydrogen-bond donors (Lipinski definition) is 2. The highest BCUT2D eigenvalue weighted by Crippen LogP contribution is 2.30. The number of nitrogens with one attached hydrogen (secondary N) is 1. The fourth-order valence-electron chi connectivity index (χ4n) is 1.97. The molecule has 1 fully saturated rings. The van der Waals surface area contributed by atoms with Crippen LogP contribution >= 0.6 is 0 Å². The smallest absolute Gasteiger partial charge is 0.188 e. The van der Waals surface area contributed by atoms with E-state index in [0.717, 1.165) is 12.5 Å². The van der Waals surface area contributed by atoms with Crippen LogP contribution in [0.5, 0.6) is 0 Å². The van der Waals surface area contributed by atoms with Gasteiger partial charge < -0.3 is 11.1 Å². The molecule has 0 amide bonds. The Labute approximate surface area is 80.8 Å². The Kier molecular flexibility index (Phi) is 3.58. The summed E-state index contributed by atoms with van der Waals surface area (Å²) < 4.78 is 0. The predicted molar refractivity (Wildman–Crippen MR) is 56.6 cm³/mol. The van der Waals surface area contributed by atoms with E-state index in [9.17, 15) is 0 Å². The summed E-state index contributed by atoms with van der Waals surface area (Å²) in [5.74, 6) is 2.13. The first kappa shape index (κ1) is 10.4. The van der Waals surface area contributed by atoms with Crippen LogP contribution in [-0.2, 0) is 0 Å². The maximum Gasteiger partial charge on any atom is 0.188 e. The van der Waals surface area contributed by atoms with Gasteiger partial charge in [0.1, 0.15) is 0 Å². The molecule has 1 saturated carbocycles. The van der Waals surface area contributed by atoms with Gasteiger partial charge in [0.05, 0.1) is 0 Å². The lowest BCUT2D eigenvalue weighted by atomic mass is 9.98. The zero-order valence-electron chi connectivity index (χ0n) is 8.88. The molecule has 3 atom stereocenters. The van der Waals surface area contributed by atoms with Gasteiger partial charge in [-0.3, -0.25) is 4.99 Å². The second-order valence-corrected chi connectivity index (χ2v) is 4.02. The van der Waals surface area contributed by atoms with Crippen molar-refractivity contribution in [1.29, 1.82) is 0 Å². The molecule has 0 spiro atoms. The van der Waals surface area contributed by atoms with Crippen LogP contribution in [0.1, 0.15) is 33.6 Å². The van der Waals surface area contributed by atoms with Crippen molar-refractivity contribution in [3.05, 3.63) is 0 Å². The number of nitrogens with zero attached hydrogens (tertiary/aromatic N) is 1. The third kappa shape index (κ3) is 2.61. The molecule has 3 nitrogen and oxygen atoms in total. The van der Waals surface area contributed by atoms with Crippen molar-refractivity contribution in [2.45, 2.75) is 39.7 Å². The molecule has 0 aliphatic heterocycles. The highest BCUT2D eigenvalue weighted by Gasteiger charge is 2.29. The fraction of sp³-hybridized carbons (Fsp3) is 0.900. The lowest BCUT2D eigenvalue weighted by Gasteiger charge is -2.19. The summed E-state index contributed by atoms with van der Waals surface area (Å²) in [6.07, 6.45) is 2.53. The van der Waals surface area contributed by atoms with Crippen molar-refractivity contribution in [2.24, 2.45) is 22.6 Å². The molecule has 3 N–H and O–H groups in total. The van der Waals surface area contributed by atoms with E-state index in [-0.39, 0.29) is 0 Å². The predicted octanol–water partition coefficient (Wildman–Crippen LogP) is 1.35. The maximum atomic E-state index is 5.71. The molecule has 1 aliphatic rings. The SMILES string of the molecule is CCN=C(N)NC1CCC(C)C1C. The van der Waals surface area contributed by atoms with E-state index in [4.69, 9.17) is 5.73 Å². The summed E-state index contributed by atoms with van der Waals surface area (Å²) in [6, 6.07) is 0.533. The van der Waals surface area contributed by atoms with Gasteiger partial charge in [-0.25, -0.2) is 0 Å². The molecule has 1 aliphatic carbocycles. The van der Waals surface area contributed by atoms with Gasteiger partial charge in [0.2, 0.25) is 0 Å². The zero-order valence-corrected chi connectivity index (χ0v) is 8.88. The average Bonchev–Trinajstić information content (AvgIpc) is 2.37. The maximum absolute atomic E-state index is 5.71. The van der Waals surface area contributed by atoms with Gasteiger partial charge in [-0.1, -0.05) is 13.8 Å². The highest BCUT2D eigenvalue weighted by molar-refractivity contribution is 5.78. The Morgan fingerprint density at radius 3 is 2.62 bits per heavy atom. The largest absolute Gasteiger partial charge is 0.370 e. The molecule has 0 radical (unpaired) electrons. The van der Waals surface area contributed by atoms with Gasteiger partial charge in [0.25, 0.3) is 0 Å². The Morgan fingerprint density at radius 2 is 2.15 bits per heavy atom. The Hall–Kier alpha value is -0.730. The zero-order chi connectivity index (χ0) is 9.84. The van der Waals surface area contributed by atoms with Gasteiger partial charge in [-0.2, -0.15) is 0 Å². The lowest BCUT2D eigenvalue weighted by Crippen LogP contribution is -2.42. The van der Waals surface area contributed by atoms with E-state index in [0.29, 0.717) is 17.9 Å². The highest BCUT2D eigenvalue weighted by atomic mass is 15.1. The number of aliphatic imine (C=N–C) groups is 1. The van der Waals surface area contributed by atoms with Gasteiger partial charge in [-0.15, -0.1) is 0 Å². The average molecular weight is 183 g/mol. The molecule has 0 aromatic carbocycles. The first-order chi connectivity index (χ1) is 6.15. The standard InChI is InChI=1S/C10H21N3/c1-4-12-10(11)13-9-6-5-7(2)8(9)3/h7-9H,4-6H2,1-3H3,(H3,11,12,13). The van der Waals surface area contributed by atoms with E-state index >= 15 is 0 Å². The van der Waals surface area contributed by atoms with Gasteiger partial charge in [0.15, 0.2) is 5.96 Å². The van der Waals surface area contributed by atoms with Gasteiger partial charge in [-0.05, 0) is 31.6 Å². The molecule has 1 rings (SSSR count). The van der Waals surface area contributed by atoms with Crippen molar-refractivity contribution in [3.8, 4) is 0 Å². The molecule has 76 valence electrons. The Balaban J connectivity index is 2.42. The third-order valence-corrected chi connectivity index (χ3v) is 3.13. The van der Waals surface area contributed by atoms with Crippen molar-refractivity contribution in [3.63, 3.8) is 0 Å². The summed E-state index contributed by atoms with van der Waals surface area (Å²) in [5.41, 5.74) is 5.71. The van der Waals surface area contributed by atoms with E-state index in [1.54, 1.807) is 0 Å². The van der Waals surface area contributed by atoms with Crippen molar-refractivity contribution >= 4 is 5.96 Å². The minimum Gasteiger partial charge on any atom is -0.370 e. The second kappa shape index (κ2) is 4.49. The molecule has 0 heterocycles. The first-order valence-corrected chi connectivity index (χ1v) is 5.21. The molecular weight excluding hydrogens is 162 g/mol. The lowest BCUT2D eigenvalue weighted by molar-refractivity contribution is 0.402. The van der Waals surface area contributed by atoms with Crippen LogP contribution in [-0.4, -0.2) is 18.5 Å². The van der Waals surface area contributed by atoms with Crippen molar-refractivity contribution < 1.29 is 0 Å². The topological polar surface area (TPSA) is 50.4 Å². The minimum absolute atomic E-state index is 0.533. The third-order valence-electron chi connectivity index (χ3n) is 3.13. The van der Waals surface area contributed by atoms with Gasteiger partial charge >= 0.3 is 0 Å². The summed E-state index contributed by atoms with van der Waals surface area (Å²) in [4.78, 5) is 4.13. The van der Waals surface area contributed by atoms with E-state index in [2.05, 4.69) is 24.2 Å². The molecule has 13 heavy (non-hydrogen) atoms. The fourth-order valence-corrected chi connectivity index (χ4v) is 1.97. The molecule has 3 heteroatoms. The van der Waals surface area contributed by atoms with Crippen molar-refractivity contribution in [1.82, 2.24) is 5.32 Å². The second-order valence-electron chi connectivity index (χ2n) is 4.02. The van der Waals surface area contributed by atoms with Crippen LogP contribution in [0.2, 0.25) is 0 Å². The summed E-state index contributed by atoms with van der Waals surface area (Å²) in [7, 11) is 0. The monoisotopic (exact) mass is 183 g/mol. The van der Waals surface area contributed by atoms with Crippen LogP contribution in [0.3, 0.4) is 0 Å². The molecule has 0 bridgehead atoms. The summed E-state index contributed by atoms with van der Waals surface area (Å²) >= 11 is 0. The number of rotatable bonds is 2. The Bertz CT molecular complexity index is 189. The van der Waals surface area contributed by atoms with E-state index in [1.165, 1.54) is 12.8 Å². The van der Waals surface area contributed by atoms with Crippen LogP contribution in [0.25, 0.3) is 0 Å². The van der Waals surface area contributed by atoms with Gasteiger partial charge in [0, 0.05) is 12.6 Å². The number of nitrogens with two attached hydrogens (primary N) is 1. The number of hydrogen-bond acceptors (Lipinski definition) is 1. The van der Waals surface area contributed by atoms with Crippen LogP contribution in [0, 0.1) is 11.8 Å². The first-order valence-electron chi connectivity index (χ1n) is 5.21. The minimum atomic E-state index is 0.533. The summed E-state index contributed by atoms with van der Waals surface area (Å²) in [6.45, 7) is 7.35. The molecule has 0 aromatic heterocycles. The summed E-state index contributed by atoms with van der Waals surface area (Å²) in [5, 5.41) is 3.29. The van der Waals surface area contributed by atoms with Crippen LogP contribution < -0.4 is 11.1 Å². The molecule has 0 saturated heterocycles. The van der Waals surface area contributed by atoms with Crippen LogP contribution in [0.4, 0.5) is 0 Å². The van der Waals surface area contributed by atoms with E-state index in [1.807, 2.05) is 6.92 Å². The van der Waals surface area contributed by atoms with Crippen molar-refractivity contribution in [2.75, 3.05) is 6.54 Å². The van der Waals surface area contributed by atoms with E-state index < -0.39 is 0 Å². The quantitative estimate of drug-likeness (QED) is 0.501. The van der Waals surface area contributed by atoms with Crippen LogP contribution in [0.15, 0.2) is 4.99 Å². The molecular formula is C10H21N3.